The summed E-state index contributed by atoms with van der Waals surface area (Å²) in [6.45, 7) is 1.94. The van der Waals surface area contributed by atoms with Crippen LogP contribution < -0.4 is 5.32 Å². The molecule has 22 heavy (non-hydrogen) atoms. The Morgan fingerprint density at radius 1 is 1.14 bits per heavy atom. The number of anilines is 1. The Morgan fingerprint density at radius 2 is 1.77 bits per heavy atom. The maximum absolute atomic E-state index is 12.8. The number of benzene rings is 1. The fourth-order valence-corrected chi connectivity index (χ4v) is 4.62. The van der Waals surface area contributed by atoms with Gasteiger partial charge in [0, 0.05) is 5.69 Å². The molecule has 0 radical (unpaired) electrons. The van der Waals surface area contributed by atoms with Gasteiger partial charge in [-0.2, -0.15) is 0 Å². The molecule has 2 bridgehead atoms. The van der Waals surface area contributed by atoms with E-state index in [1.165, 1.54) is 0 Å². The van der Waals surface area contributed by atoms with Gasteiger partial charge >= 0.3 is 5.97 Å². The number of allylic oxidation sites excluding steroid dienone is 2. The number of carboxylic acids is 1. The molecule has 4 nitrogen and oxygen atoms in total. The van der Waals surface area contributed by atoms with Crippen molar-refractivity contribution in [2.45, 2.75) is 19.8 Å². The largest absolute Gasteiger partial charge is 0.481 e. The predicted molar refractivity (Wildman–Crippen MR) is 82.2 cm³/mol. The molecule has 0 aliphatic heterocycles. The first-order valence-electron chi connectivity index (χ1n) is 7.82. The van der Waals surface area contributed by atoms with Gasteiger partial charge in [-0.05, 0) is 48.6 Å². The summed E-state index contributed by atoms with van der Waals surface area (Å²) in [5.74, 6) is -1.90. The van der Waals surface area contributed by atoms with Crippen molar-refractivity contribution in [3.63, 3.8) is 0 Å². The lowest BCUT2D eigenvalue weighted by atomic mass is 9.82. The summed E-state index contributed by atoms with van der Waals surface area (Å²) in [6.07, 6.45) is 6.22. The van der Waals surface area contributed by atoms with E-state index in [0.717, 1.165) is 24.1 Å². The Morgan fingerprint density at radius 3 is 2.36 bits per heavy atom. The van der Waals surface area contributed by atoms with Gasteiger partial charge in [0.05, 0.1) is 11.8 Å². The second kappa shape index (κ2) is 4.45. The molecule has 1 aromatic rings. The number of para-hydroxylation sites is 1. The minimum absolute atomic E-state index is 0.0302. The van der Waals surface area contributed by atoms with Crippen molar-refractivity contribution in [2.75, 3.05) is 5.32 Å². The van der Waals surface area contributed by atoms with Crippen molar-refractivity contribution >= 4 is 17.6 Å². The lowest BCUT2D eigenvalue weighted by Gasteiger charge is -2.24. The van der Waals surface area contributed by atoms with E-state index in [9.17, 15) is 14.7 Å². The minimum Gasteiger partial charge on any atom is -0.481 e. The third-order valence-electron chi connectivity index (χ3n) is 5.83. The van der Waals surface area contributed by atoms with Crippen LogP contribution in [0.4, 0.5) is 5.69 Å². The molecule has 3 aliphatic carbocycles. The molecule has 4 rings (SSSR count). The van der Waals surface area contributed by atoms with E-state index in [0.29, 0.717) is 0 Å². The molecule has 0 aromatic heterocycles. The van der Waals surface area contributed by atoms with Crippen LogP contribution in [0.3, 0.4) is 0 Å². The molecule has 1 spiro atoms. The van der Waals surface area contributed by atoms with E-state index in [2.05, 4.69) is 11.4 Å². The van der Waals surface area contributed by atoms with Gasteiger partial charge in [0.1, 0.15) is 0 Å². The van der Waals surface area contributed by atoms with Crippen LogP contribution in [0.2, 0.25) is 0 Å². The minimum atomic E-state index is -0.840. The van der Waals surface area contributed by atoms with Crippen LogP contribution in [0.25, 0.3) is 0 Å². The predicted octanol–water partition coefficient (Wildman–Crippen LogP) is 2.85. The molecule has 1 aromatic carbocycles. The summed E-state index contributed by atoms with van der Waals surface area (Å²) >= 11 is 0. The molecule has 4 heteroatoms. The highest BCUT2D eigenvalue weighted by molar-refractivity contribution is 5.97. The number of hydrogen-bond acceptors (Lipinski definition) is 2. The van der Waals surface area contributed by atoms with Crippen molar-refractivity contribution in [2.24, 2.45) is 29.1 Å². The lowest BCUT2D eigenvalue weighted by molar-refractivity contribution is -0.146. The van der Waals surface area contributed by atoms with Gasteiger partial charge in [0.2, 0.25) is 5.91 Å². The number of carbonyl (C=O) groups excluding carboxylic acids is 1. The molecule has 1 amide bonds. The van der Waals surface area contributed by atoms with Gasteiger partial charge in [-0.1, -0.05) is 30.4 Å². The summed E-state index contributed by atoms with van der Waals surface area (Å²) in [6, 6.07) is 7.59. The van der Waals surface area contributed by atoms with Gasteiger partial charge in [-0.3, -0.25) is 9.59 Å². The quantitative estimate of drug-likeness (QED) is 0.843. The van der Waals surface area contributed by atoms with Gasteiger partial charge in [0.25, 0.3) is 0 Å². The van der Waals surface area contributed by atoms with E-state index >= 15 is 0 Å². The third-order valence-corrected chi connectivity index (χ3v) is 5.83. The number of carbonyl (C=O) groups is 2. The number of rotatable bonds is 3. The van der Waals surface area contributed by atoms with Crippen LogP contribution in [0.1, 0.15) is 18.4 Å². The molecule has 2 saturated carbocycles. The average Bonchev–Trinajstić information content (AvgIpc) is 3.15. The second-order valence-electron chi connectivity index (χ2n) is 6.86. The first-order chi connectivity index (χ1) is 10.5. The summed E-state index contributed by atoms with van der Waals surface area (Å²) in [7, 11) is 0. The van der Waals surface area contributed by atoms with Crippen molar-refractivity contribution in [1.82, 2.24) is 0 Å². The molecule has 114 valence electrons. The zero-order chi connectivity index (χ0) is 15.5. The van der Waals surface area contributed by atoms with Crippen LogP contribution in [-0.2, 0) is 9.59 Å². The Balaban J connectivity index is 1.64. The normalized spacial score (nSPS) is 33.1. The number of hydrogen-bond donors (Lipinski definition) is 2. The first-order valence-corrected chi connectivity index (χ1v) is 7.82. The zero-order valence-electron chi connectivity index (χ0n) is 12.5. The molecule has 2 fully saturated rings. The highest BCUT2D eigenvalue weighted by Crippen LogP contribution is 2.72. The van der Waals surface area contributed by atoms with Gasteiger partial charge in [-0.25, -0.2) is 0 Å². The molecule has 4 atom stereocenters. The third kappa shape index (κ3) is 1.70. The summed E-state index contributed by atoms with van der Waals surface area (Å²) < 4.78 is 0. The summed E-state index contributed by atoms with van der Waals surface area (Å²) in [4.78, 5) is 24.5. The lowest BCUT2D eigenvalue weighted by Crippen LogP contribution is -2.36. The number of amides is 1. The monoisotopic (exact) mass is 297 g/mol. The molecular formula is C18H19NO3. The molecule has 0 unspecified atom stereocenters. The van der Waals surface area contributed by atoms with E-state index in [1.807, 2.05) is 37.3 Å². The van der Waals surface area contributed by atoms with Crippen molar-refractivity contribution in [3.05, 3.63) is 42.0 Å². The standard InChI is InChI=1S/C18H19NO3/c1-10-4-2-3-5-13(10)19-16(20)14-11-6-7-12(15(14)17(21)22)18(11)8-9-18/h2-7,11-12,14-15H,8-9H2,1H3,(H,19,20)(H,21,22)/t11-,12+,14-,15+/m1/s1. The van der Waals surface area contributed by atoms with Crippen molar-refractivity contribution in [3.8, 4) is 0 Å². The van der Waals surface area contributed by atoms with Gasteiger partial charge in [-0.15, -0.1) is 0 Å². The maximum Gasteiger partial charge on any atom is 0.307 e. The zero-order valence-corrected chi connectivity index (χ0v) is 12.5. The van der Waals surface area contributed by atoms with E-state index in [1.54, 1.807) is 0 Å². The Hall–Kier alpha value is -2.10. The molecule has 0 saturated heterocycles. The first kappa shape index (κ1) is 13.6. The van der Waals surface area contributed by atoms with Gasteiger partial charge < -0.3 is 10.4 Å². The van der Waals surface area contributed by atoms with Crippen LogP contribution in [0.15, 0.2) is 36.4 Å². The van der Waals surface area contributed by atoms with Crippen molar-refractivity contribution in [1.29, 1.82) is 0 Å². The number of aliphatic carboxylic acids is 1. The molecule has 3 aliphatic rings. The van der Waals surface area contributed by atoms with E-state index in [-0.39, 0.29) is 23.2 Å². The van der Waals surface area contributed by atoms with Crippen LogP contribution in [0, 0.1) is 36.0 Å². The van der Waals surface area contributed by atoms with Crippen LogP contribution >= 0.6 is 0 Å². The summed E-state index contributed by atoms with van der Waals surface area (Å²) in [5, 5.41) is 12.6. The Bertz CT molecular complexity index is 689. The number of nitrogens with one attached hydrogen (secondary N) is 1. The van der Waals surface area contributed by atoms with Crippen molar-refractivity contribution < 1.29 is 14.7 Å². The average molecular weight is 297 g/mol. The Labute approximate surface area is 129 Å². The smallest absolute Gasteiger partial charge is 0.307 e. The maximum atomic E-state index is 12.8. The molecule has 0 heterocycles. The summed E-state index contributed by atoms with van der Waals surface area (Å²) in [5.41, 5.74) is 1.83. The number of aryl methyl sites for hydroxylation is 1. The Kier molecular flexibility index (Phi) is 2.74. The van der Waals surface area contributed by atoms with E-state index < -0.39 is 17.8 Å². The van der Waals surface area contributed by atoms with E-state index in [4.69, 9.17) is 0 Å². The van der Waals surface area contributed by atoms with Crippen LogP contribution in [0.5, 0.6) is 0 Å². The highest BCUT2D eigenvalue weighted by atomic mass is 16.4. The molecule has 2 N–H and O–H groups in total. The SMILES string of the molecule is Cc1ccccc1NC(=O)[C@H]1[C@@H](C(=O)O)[C@@H]2C=C[C@H]1C21CC1. The molecular weight excluding hydrogens is 278 g/mol. The van der Waals surface area contributed by atoms with Gasteiger partial charge in [0.15, 0.2) is 0 Å². The topological polar surface area (TPSA) is 66.4 Å². The number of carboxylic acid groups (broad SMARTS) is 1. The fourth-order valence-electron chi connectivity index (χ4n) is 4.62. The highest BCUT2D eigenvalue weighted by Gasteiger charge is 2.70. The second-order valence-corrected chi connectivity index (χ2v) is 6.86. The fraction of sp³-hybridized carbons (Fsp3) is 0.444. The van der Waals surface area contributed by atoms with Crippen LogP contribution in [-0.4, -0.2) is 17.0 Å².